The molecule has 0 aromatic heterocycles. The van der Waals surface area contributed by atoms with Gasteiger partial charge in [0.25, 0.3) is 0 Å². The second kappa shape index (κ2) is 11.3. The second-order valence-electron chi connectivity index (χ2n) is 4.29. The van der Waals surface area contributed by atoms with E-state index in [1.807, 2.05) is 30.3 Å². The van der Waals surface area contributed by atoms with Crippen molar-refractivity contribution in [2.45, 2.75) is 0 Å². The standard InChI is InChI=1S/C9H7FO2.C9H8O2.FH/c10-8(9(11)12)6-7-4-2-1-3-5-7;10-9(11)7-6-8-4-2-1-3-5-8;/h1-6H,(H,11,12);1-7H,(H,10,11);1H. The number of carboxylic acid groups (broad SMARTS) is 2. The summed E-state index contributed by atoms with van der Waals surface area (Å²) in [4.78, 5) is 20.1. The van der Waals surface area contributed by atoms with Gasteiger partial charge in [0.1, 0.15) is 0 Å². The first-order valence-corrected chi connectivity index (χ1v) is 6.60. The van der Waals surface area contributed by atoms with Crippen LogP contribution in [0.25, 0.3) is 12.2 Å². The minimum Gasteiger partial charge on any atom is -0.478 e. The van der Waals surface area contributed by atoms with Crippen molar-refractivity contribution >= 4 is 24.1 Å². The second-order valence-corrected chi connectivity index (χ2v) is 4.29. The fourth-order valence-electron chi connectivity index (χ4n) is 1.49. The van der Waals surface area contributed by atoms with Crippen LogP contribution >= 0.6 is 0 Å². The molecule has 24 heavy (non-hydrogen) atoms. The van der Waals surface area contributed by atoms with Crippen molar-refractivity contribution in [2.75, 3.05) is 0 Å². The molecule has 0 aliphatic rings. The Balaban J connectivity index is 0.000000425. The Kier molecular flexibility index (Phi) is 9.76. The molecule has 0 atom stereocenters. The molecule has 0 heterocycles. The topological polar surface area (TPSA) is 74.6 Å². The summed E-state index contributed by atoms with van der Waals surface area (Å²) in [6.45, 7) is 0. The molecule has 0 unspecified atom stereocenters. The van der Waals surface area contributed by atoms with Gasteiger partial charge in [0.05, 0.1) is 0 Å². The van der Waals surface area contributed by atoms with E-state index in [4.69, 9.17) is 10.2 Å². The summed E-state index contributed by atoms with van der Waals surface area (Å²) in [5.41, 5.74) is 1.44. The van der Waals surface area contributed by atoms with E-state index in [1.165, 1.54) is 0 Å². The summed E-state index contributed by atoms with van der Waals surface area (Å²) in [5.74, 6) is -3.62. The lowest BCUT2D eigenvalue weighted by atomic mass is 10.2. The molecule has 6 heteroatoms. The lowest BCUT2D eigenvalue weighted by Gasteiger charge is -1.90. The van der Waals surface area contributed by atoms with E-state index in [9.17, 15) is 14.0 Å². The molecule has 0 fully saturated rings. The molecule has 0 aliphatic heterocycles. The molecule has 0 radical (unpaired) electrons. The minimum atomic E-state index is -1.54. The number of hydrogen-bond acceptors (Lipinski definition) is 2. The lowest BCUT2D eigenvalue weighted by molar-refractivity contribution is -0.134. The third-order valence-corrected chi connectivity index (χ3v) is 2.52. The lowest BCUT2D eigenvalue weighted by Crippen LogP contribution is -1.93. The summed E-state index contributed by atoms with van der Waals surface area (Å²) in [6, 6.07) is 17.8. The zero-order chi connectivity index (χ0) is 17.1. The van der Waals surface area contributed by atoms with Crippen LogP contribution in [0.4, 0.5) is 9.09 Å². The van der Waals surface area contributed by atoms with Crippen molar-refractivity contribution in [1.29, 1.82) is 0 Å². The fraction of sp³-hybridized carbons (Fsp3) is 0. The van der Waals surface area contributed by atoms with Gasteiger partial charge in [0, 0.05) is 6.08 Å². The van der Waals surface area contributed by atoms with Gasteiger partial charge >= 0.3 is 11.9 Å². The number of hydrogen-bond donors (Lipinski definition) is 2. The van der Waals surface area contributed by atoms with E-state index >= 15 is 0 Å². The monoisotopic (exact) mass is 334 g/mol. The van der Waals surface area contributed by atoms with Crippen LogP contribution in [0.5, 0.6) is 0 Å². The number of halogens is 2. The van der Waals surface area contributed by atoms with Crippen molar-refractivity contribution < 1.29 is 28.9 Å². The van der Waals surface area contributed by atoms with Crippen LogP contribution in [0.3, 0.4) is 0 Å². The smallest absolute Gasteiger partial charge is 0.364 e. The van der Waals surface area contributed by atoms with Crippen molar-refractivity contribution in [2.24, 2.45) is 0 Å². The van der Waals surface area contributed by atoms with Crippen LogP contribution in [0.2, 0.25) is 0 Å². The highest BCUT2D eigenvalue weighted by molar-refractivity contribution is 5.89. The number of carbonyl (C=O) groups is 2. The van der Waals surface area contributed by atoms with Crippen LogP contribution in [0, 0.1) is 0 Å². The zero-order valence-corrected chi connectivity index (χ0v) is 12.5. The van der Waals surface area contributed by atoms with E-state index in [0.29, 0.717) is 5.56 Å². The van der Waals surface area contributed by atoms with Crippen LogP contribution in [0.1, 0.15) is 11.1 Å². The number of benzene rings is 2. The Morgan fingerprint density at radius 1 is 0.833 bits per heavy atom. The first-order chi connectivity index (χ1) is 11.0. The molecule has 0 bridgehead atoms. The minimum absolute atomic E-state index is 0. The van der Waals surface area contributed by atoms with Gasteiger partial charge in [-0.15, -0.1) is 0 Å². The van der Waals surface area contributed by atoms with Gasteiger partial charge in [-0.1, -0.05) is 60.7 Å². The molecule has 0 aliphatic carbocycles. The highest BCUT2D eigenvalue weighted by Gasteiger charge is 2.03. The van der Waals surface area contributed by atoms with Crippen molar-refractivity contribution in [3.05, 3.63) is 83.7 Å². The van der Waals surface area contributed by atoms with E-state index in [2.05, 4.69) is 0 Å². The van der Waals surface area contributed by atoms with Gasteiger partial charge in [-0.2, -0.15) is 4.39 Å². The molecule has 2 aromatic rings. The molecule has 2 aromatic carbocycles. The average molecular weight is 334 g/mol. The number of rotatable bonds is 4. The van der Waals surface area contributed by atoms with Crippen LogP contribution < -0.4 is 0 Å². The molecule has 0 amide bonds. The number of aliphatic carboxylic acids is 2. The predicted molar refractivity (Wildman–Crippen MR) is 88.8 cm³/mol. The molecule has 126 valence electrons. The highest BCUT2D eigenvalue weighted by atomic mass is 19.1. The normalized spacial score (nSPS) is 10.3. The molecular weight excluding hydrogens is 318 g/mol. The first kappa shape index (κ1) is 20.7. The van der Waals surface area contributed by atoms with Crippen LogP contribution in [-0.2, 0) is 9.59 Å². The van der Waals surface area contributed by atoms with Gasteiger partial charge in [0.15, 0.2) is 0 Å². The highest BCUT2D eigenvalue weighted by Crippen LogP contribution is 2.07. The molecular formula is C18H16F2O4. The average Bonchev–Trinajstić information content (AvgIpc) is 2.55. The molecule has 2 rings (SSSR count). The maximum atomic E-state index is 12.5. The van der Waals surface area contributed by atoms with Gasteiger partial charge in [-0.3, -0.25) is 4.70 Å². The van der Waals surface area contributed by atoms with Gasteiger partial charge in [-0.25, -0.2) is 9.59 Å². The van der Waals surface area contributed by atoms with Crippen LogP contribution in [0.15, 0.2) is 72.6 Å². The Hall–Kier alpha value is -3.28. The van der Waals surface area contributed by atoms with Gasteiger partial charge in [-0.05, 0) is 23.3 Å². The Morgan fingerprint density at radius 2 is 1.29 bits per heavy atom. The largest absolute Gasteiger partial charge is 0.478 e. The first-order valence-electron chi connectivity index (χ1n) is 6.60. The predicted octanol–water partition coefficient (Wildman–Crippen LogP) is 4.02. The number of carboxylic acids is 2. The molecule has 0 saturated heterocycles. The molecule has 2 N–H and O–H groups in total. The Labute approximate surface area is 137 Å². The Bertz CT molecular complexity index is 695. The summed E-state index contributed by atoms with van der Waals surface area (Å²) in [7, 11) is 0. The SMILES string of the molecule is F.O=C(O)C(F)=Cc1ccccc1.O=C(O)C=Cc1ccccc1. The Morgan fingerprint density at radius 3 is 1.71 bits per heavy atom. The van der Waals surface area contributed by atoms with E-state index < -0.39 is 17.8 Å². The van der Waals surface area contributed by atoms with Gasteiger partial charge in [0.2, 0.25) is 5.83 Å². The summed E-state index contributed by atoms with van der Waals surface area (Å²) in [5, 5.41) is 16.5. The quantitative estimate of drug-likeness (QED) is 0.828. The third-order valence-electron chi connectivity index (χ3n) is 2.52. The molecule has 0 saturated carbocycles. The van der Waals surface area contributed by atoms with Crippen molar-refractivity contribution in [3.63, 3.8) is 0 Å². The van der Waals surface area contributed by atoms with Crippen molar-refractivity contribution in [1.82, 2.24) is 0 Å². The summed E-state index contributed by atoms with van der Waals surface area (Å²) < 4.78 is 12.5. The summed E-state index contributed by atoms with van der Waals surface area (Å²) in [6.07, 6.45) is 3.65. The maximum Gasteiger partial charge on any atom is 0.364 e. The molecule has 0 spiro atoms. The van der Waals surface area contributed by atoms with Crippen LogP contribution in [-0.4, -0.2) is 22.2 Å². The van der Waals surface area contributed by atoms with E-state index in [1.54, 1.807) is 36.4 Å². The third kappa shape index (κ3) is 8.89. The van der Waals surface area contributed by atoms with Crippen molar-refractivity contribution in [3.8, 4) is 0 Å². The van der Waals surface area contributed by atoms with E-state index in [-0.39, 0.29) is 4.70 Å². The molecule has 4 nitrogen and oxygen atoms in total. The zero-order valence-electron chi connectivity index (χ0n) is 12.5. The van der Waals surface area contributed by atoms with E-state index in [0.717, 1.165) is 17.7 Å². The fourth-order valence-corrected chi connectivity index (χ4v) is 1.49. The maximum absolute atomic E-state index is 12.5. The van der Waals surface area contributed by atoms with Gasteiger partial charge < -0.3 is 10.2 Å². The summed E-state index contributed by atoms with van der Waals surface area (Å²) >= 11 is 0.